The summed E-state index contributed by atoms with van der Waals surface area (Å²) in [5.74, 6) is -0.770. The van der Waals surface area contributed by atoms with Gasteiger partial charge < -0.3 is 20.6 Å². The molecule has 120 valence electrons. The highest BCUT2D eigenvalue weighted by molar-refractivity contribution is 7.13. The Morgan fingerprint density at radius 1 is 1.32 bits per heavy atom. The van der Waals surface area contributed by atoms with Gasteiger partial charge >= 0.3 is 12.0 Å². The van der Waals surface area contributed by atoms with Crippen molar-refractivity contribution in [2.45, 2.75) is 25.8 Å². The van der Waals surface area contributed by atoms with E-state index in [1.54, 1.807) is 6.07 Å². The molecule has 0 unspecified atom stereocenters. The largest absolute Gasteiger partial charge is 0.477 e. The number of urea groups is 1. The van der Waals surface area contributed by atoms with Gasteiger partial charge in [0.1, 0.15) is 4.88 Å². The third-order valence-electron chi connectivity index (χ3n) is 3.36. The summed E-state index contributed by atoms with van der Waals surface area (Å²) in [6, 6.07) is 2.92. The van der Waals surface area contributed by atoms with Crippen molar-refractivity contribution in [1.29, 1.82) is 0 Å². The summed E-state index contributed by atoms with van der Waals surface area (Å²) in [5, 5.41) is 14.2. The Labute approximate surface area is 132 Å². The minimum Gasteiger partial charge on any atom is -0.477 e. The highest BCUT2D eigenvalue weighted by Gasteiger charge is 2.18. The van der Waals surface area contributed by atoms with Crippen LogP contribution < -0.4 is 10.6 Å². The normalized spacial score (nSPS) is 14.2. The summed E-state index contributed by atoms with van der Waals surface area (Å²) in [7, 11) is 0. The number of nitrogens with zero attached hydrogens (tertiary/aromatic N) is 1. The Morgan fingerprint density at radius 2 is 2.14 bits per heavy atom. The lowest BCUT2D eigenvalue weighted by molar-refractivity contribution is -0.127. The molecule has 1 fully saturated rings. The maximum atomic E-state index is 11.6. The summed E-state index contributed by atoms with van der Waals surface area (Å²) >= 11 is 1.14. The molecule has 0 spiro atoms. The van der Waals surface area contributed by atoms with E-state index in [2.05, 4.69) is 10.6 Å². The van der Waals surface area contributed by atoms with E-state index < -0.39 is 5.97 Å². The minimum absolute atomic E-state index is 0.191. The third kappa shape index (κ3) is 4.73. The van der Waals surface area contributed by atoms with Gasteiger partial charge in [0, 0.05) is 30.9 Å². The predicted molar refractivity (Wildman–Crippen MR) is 81.9 cm³/mol. The average Bonchev–Trinajstić information content (AvgIpc) is 3.11. The second-order valence-corrected chi connectivity index (χ2v) is 6.19. The molecule has 22 heavy (non-hydrogen) atoms. The molecule has 3 N–H and O–H groups in total. The van der Waals surface area contributed by atoms with Crippen LogP contribution in [0.2, 0.25) is 0 Å². The van der Waals surface area contributed by atoms with Crippen LogP contribution in [0.3, 0.4) is 0 Å². The monoisotopic (exact) mass is 325 g/mol. The molecule has 0 aromatic carbocycles. The van der Waals surface area contributed by atoms with Gasteiger partial charge in [-0.05, 0) is 25.0 Å². The molecule has 1 aliphatic rings. The smallest absolute Gasteiger partial charge is 0.345 e. The van der Waals surface area contributed by atoms with Crippen LogP contribution in [0.1, 0.15) is 33.8 Å². The number of aromatic carboxylic acids is 1. The van der Waals surface area contributed by atoms with E-state index in [-0.39, 0.29) is 16.8 Å². The fraction of sp³-hybridized carbons (Fsp3) is 0.500. The van der Waals surface area contributed by atoms with Crippen LogP contribution in [0.15, 0.2) is 12.1 Å². The van der Waals surface area contributed by atoms with Gasteiger partial charge in [0.25, 0.3) is 0 Å². The first kappa shape index (κ1) is 16.3. The topological polar surface area (TPSA) is 98.7 Å². The van der Waals surface area contributed by atoms with E-state index in [0.717, 1.165) is 35.6 Å². The van der Waals surface area contributed by atoms with Gasteiger partial charge in [-0.15, -0.1) is 11.3 Å². The highest BCUT2D eigenvalue weighted by atomic mass is 32.1. The standard InChI is InChI=1S/C14H19N3O4S/c18-12-3-1-7-17(12)8-2-6-15-14(21)16-9-10-4-5-11(22-10)13(19)20/h4-5H,1-3,6-9H2,(H,19,20)(H2,15,16,21). The summed E-state index contributed by atoms with van der Waals surface area (Å²) < 4.78 is 0. The Hall–Kier alpha value is -2.09. The van der Waals surface area contributed by atoms with Crippen molar-refractivity contribution in [3.63, 3.8) is 0 Å². The van der Waals surface area contributed by atoms with Gasteiger partial charge in [-0.1, -0.05) is 0 Å². The fourth-order valence-electron chi connectivity index (χ4n) is 2.23. The number of thiophene rings is 1. The van der Waals surface area contributed by atoms with Crippen LogP contribution in [0, 0.1) is 0 Å². The molecule has 1 aromatic heterocycles. The molecule has 2 rings (SSSR count). The molecule has 7 nitrogen and oxygen atoms in total. The van der Waals surface area contributed by atoms with Gasteiger partial charge in [-0.3, -0.25) is 4.79 Å². The van der Waals surface area contributed by atoms with Crippen molar-refractivity contribution in [2.24, 2.45) is 0 Å². The number of hydrogen-bond donors (Lipinski definition) is 3. The molecule has 0 bridgehead atoms. The molecule has 0 atom stereocenters. The molecule has 2 heterocycles. The second kappa shape index (κ2) is 7.79. The second-order valence-electron chi connectivity index (χ2n) is 5.02. The van der Waals surface area contributed by atoms with Gasteiger partial charge in [0.15, 0.2) is 0 Å². The van der Waals surface area contributed by atoms with Crippen LogP contribution in [-0.4, -0.2) is 47.5 Å². The molecule has 1 aliphatic heterocycles. The predicted octanol–water partition coefficient (Wildman–Crippen LogP) is 1.26. The molecule has 0 saturated carbocycles. The first-order valence-electron chi connectivity index (χ1n) is 7.18. The number of carboxylic acid groups (broad SMARTS) is 1. The van der Waals surface area contributed by atoms with E-state index in [0.29, 0.717) is 26.1 Å². The molecular formula is C14H19N3O4S. The zero-order valence-electron chi connectivity index (χ0n) is 12.1. The lowest BCUT2D eigenvalue weighted by Crippen LogP contribution is -2.37. The Kier molecular flexibility index (Phi) is 5.76. The number of carbonyl (C=O) groups is 3. The minimum atomic E-state index is -0.961. The molecule has 1 saturated heterocycles. The van der Waals surface area contributed by atoms with Crippen LogP contribution in [-0.2, 0) is 11.3 Å². The fourth-order valence-corrected chi connectivity index (χ4v) is 3.02. The number of likely N-dealkylation sites (tertiary alicyclic amines) is 1. The number of carbonyl (C=O) groups excluding carboxylic acids is 2. The third-order valence-corrected chi connectivity index (χ3v) is 4.43. The molecule has 3 amide bonds. The maximum Gasteiger partial charge on any atom is 0.345 e. The lowest BCUT2D eigenvalue weighted by Gasteiger charge is -2.15. The van der Waals surface area contributed by atoms with Crippen molar-refractivity contribution in [1.82, 2.24) is 15.5 Å². The Balaban J connectivity index is 1.59. The molecule has 0 radical (unpaired) electrons. The summed E-state index contributed by atoms with van der Waals surface area (Å²) in [4.78, 5) is 36.6. The van der Waals surface area contributed by atoms with E-state index in [1.165, 1.54) is 6.07 Å². The van der Waals surface area contributed by atoms with E-state index >= 15 is 0 Å². The number of nitrogens with one attached hydrogen (secondary N) is 2. The Bertz CT molecular complexity index is 558. The number of rotatable bonds is 7. The van der Waals surface area contributed by atoms with E-state index in [1.807, 2.05) is 4.90 Å². The van der Waals surface area contributed by atoms with Crippen molar-refractivity contribution < 1.29 is 19.5 Å². The SMILES string of the molecule is O=C(NCCCN1CCCC1=O)NCc1ccc(C(=O)O)s1. The van der Waals surface area contributed by atoms with Gasteiger partial charge in [-0.25, -0.2) is 9.59 Å². The average molecular weight is 325 g/mol. The quantitative estimate of drug-likeness (QED) is 0.657. The van der Waals surface area contributed by atoms with Crippen molar-refractivity contribution in [3.8, 4) is 0 Å². The zero-order chi connectivity index (χ0) is 15.9. The van der Waals surface area contributed by atoms with E-state index in [4.69, 9.17) is 5.11 Å². The molecular weight excluding hydrogens is 306 g/mol. The highest BCUT2D eigenvalue weighted by Crippen LogP contribution is 2.15. The zero-order valence-corrected chi connectivity index (χ0v) is 12.9. The summed E-state index contributed by atoms with van der Waals surface area (Å²) in [6.07, 6.45) is 2.28. The molecule has 8 heteroatoms. The molecule has 1 aromatic rings. The number of amides is 3. The number of carboxylic acids is 1. The van der Waals surface area contributed by atoms with E-state index in [9.17, 15) is 14.4 Å². The van der Waals surface area contributed by atoms with Gasteiger partial charge in [-0.2, -0.15) is 0 Å². The first-order chi connectivity index (χ1) is 10.6. The van der Waals surface area contributed by atoms with Crippen LogP contribution >= 0.6 is 11.3 Å². The molecule has 0 aliphatic carbocycles. The summed E-state index contributed by atoms with van der Waals surface area (Å²) in [6.45, 7) is 2.29. The lowest BCUT2D eigenvalue weighted by atomic mass is 10.4. The van der Waals surface area contributed by atoms with Gasteiger partial charge in [0.05, 0.1) is 6.54 Å². The van der Waals surface area contributed by atoms with Crippen LogP contribution in [0.25, 0.3) is 0 Å². The van der Waals surface area contributed by atoms with Gasteiger partial charge in [0.2, 0.25) is 5.91 Å². The summed E-state index contributed by atoms with van der Waals surface area (Å²) in [5.41, 5.74) is 0. The first-order valence-corrected chi connectivity index (χ1v) is 7.99. The maximum absolute atomic E-state index is 11.6. The van der Waals surface area contributed by atoms with Crippen molar-refractivity contribution in [3.05, 3.63) is 21.9 Å². The van der Waals surface area contributed by atoms with Crippen molar-refractivity contribution >= 4 is 29.2 Å². The van der Waals surface area contributed by atoms with Crippen LogP contribution in [0.4, 0.5) is 4.79 Å². The number of hydrogen-bond acceptors (Lipinski definition) is 4. The van der Waals surface area contributed by atoms with Crippen LogP contribution in [0.5, 0.6) is 0 Å². The van der Waals surface area contributed by atoms with Crippen molar-refractivity contribution in [2.75, 3.05) is 19.6 Å². The Morgan fingerprint density at radius 3 is 2.77 bits per heavy atom.